The van der Waals surface area contributed by atoms with Crippen LogP contribution in [-0.4, -0.2) is 0 Å². The molecule has 29 heavy (non-hydrogen) atoms. The second-order valence-electron chi connectivity index (χ2n) is 9.49. The molecule has 0 saturated heterocycles. The molecule has 4 rings (SSSR count). The van der Waals surface area contributed by atoms with Crippen LogP contribution in [0.4, 0.5) is 8.78 Å². The highest BCUT2D eigenvalue weighted by atomic mass is 19.1. The lowest BCUT2D eigenvalue weighted by Gasteiger charge is -2.38. The van der Waals surface area contributed by atoms with Crippen LogP contribution in [0.25, 0.3) is 11.1 Å². The van der Waals surface area contributed by atoms with E-state index in [4.69, 9.17) is 0 Å². The van der Waals surface area contributed by atoms with Crippen LogP contribution < -0.4 is 0 Å². The third-order valence-electron chi connectivity index (χ3n) is 7.90. The normalized spacial score (nSPS) is 27.7. The van der Waals surface area contributed by atoms with Gasteiger partial charge in [-0.1, -0.05) is 50.5 Å². The molecule has 156 valence electrons. The Hall–Kier alpha value is -1.70. The van der Waals surface area contributed by atoms with E-state index in [9.17, 15) is 8.78 Å². The van der Waals surface area contributed by atoms with Crippen molar-refractivity contribution in [2.75, 3.05) is 0 Å². The van der Waals surface area contributed by atoms with Crippen molar-refractivity contribution in [3.63, 3.8) is 0 Å². The largest absolute Gasteiger partial charge is 0.207 e. The summed E-state index contributed by atoms with van der Waals surface area (Å²) < 4.78 is 27.8. The third-order valence-corrected chi connectivity index (χ3v) is 7.90. The lowest BCUT2D eigenvalue weighted by atomic mass is 9.68. The first-order chi connectivity index (χ1) is 14.0. The average Bonchev–Trinajstić information content (AvgIpc) is 2.77. The van der Waals surface area contributed by atoms with Gasteiger partial charge in [0, 0.05) is 5.56 Å². The Morgan fingerprint density at radius 3 is 1.76 bits per heavy atom. The second kappa shape index (κ2) is 8.98. The molecule has 2 fully saturated rings. The summed E-state index contributed by atoms with van der Waals surface area (Å²) in [6.45, 7) is 3.82. The van der Waals surface area contributed by atoms with E-state index in [0.29, 0.717) is 11.5 Å². The molecule has 0 unspecified atom stereocenters. The van der Waals surface area contributed by atoms with Crippen molar-refractivity contribution >= 4 is 0 Å². The minimum absolute atomic E-state index is 0.0883. The summed E-state index contributed by atoms with van der Waals surface area (Å²) in [5.41, 5.74) is 2.97. The maximum Gasteiger partial charge on any atom is 0.129 e. The number of rotatable bonds is 4. The summed E-state index contributed by atoms with van der Waals surface area (Å²) in [7, 11) is 0. The first-order valence-corrected chi connectivity index (χ1v) is 11.6. The van der Waals surface area contributed by atoms with Gasteiger partial charge in [0.25, 0.3) is 0 Å². The summed E-state index contributed by atoms with van der Waals surface area (Å²) in [6.07, 6.45) is 12.4. The minimum Gasteiger partial charge on any atom is -0.207 e. The smallest absolute Gasteiger partial charge is 0.129 e. The lowest BCUT2D eigenvalue weighted by molar-refractivity contribution is 0.158. The van der Waals surface area contributed by atoms with Gasteiger partial charge in [0.05, 0.1) is 0 Å². The maximum absolute atomic E-state index is 13.9. The monoisotopic (exact) mass is 396 g/mol. The SMILES string of the molecule is CCC1CCC(C2CCC(c3ccc(-c4cc(F)c(C)c(F)c4)cc3)CC2)CC1. The molecule has 2 heteroatoms. The van der Waals surface area contributed by atoms with Crippen LogP contribution in [0.1, 0.15) is 81.8 Å². The quantitative estimate of drug-likeness (QED) is 0.486. The van der Waals surface area contributed by atoms with Crippen LogP contribution in [0.2, 0.25) is 0 Å². The van der Waals surface area contributed by atoms with E-state index in [0.717, 1.165) is 23.3 Å². The Kier molecular flexibility index (Phi) is 6.37. The summed E-state index contributed by atoms with van der Waals surface area (Å²) in [6, 6.07) is 11.3. The van der Waals surface area contributed by atoms with Crippen molar-refractivity contribution in [2.45, 2.75) is 77.6 Å². The van der Waals surface area contributed by atoms with Crippen molar-refractivity contribution in [3.05, 3.63) is 59.2 Å². The molecule has 0 heterocycles. The molecule has 2 aliphatic carbocycles. The van der Waals surface area contributed by atoms with Gasteiger partial charge in [-0.25, -0.2) is 8.78 Å². The zero-order valence-electron chi connectivity index (χ0n) is 17.9. The van der Waals surface area contributed by atoms with Crippen molar-refractivity contribution in [1.29, 1.82) is 0 Å². The van der Waals surface area contributed by atoms with Crippen LogP contribution in [0, 0.1) is 36.3 Å². The number of hydrogen-bond acceptors (Lipinski definition) is 0. The topological polar surface area (TPSA) is 0 Å². The van der Waals surface area contributed by atoms with Crippen LogP contribution in [0.3, 0.4) is 0 Å². The first-order valence-electron chi connectivity index (χ1n) is 11.6. The molecule has 0 atom stereocenters. The van der Waals surface area contributed by atoms with E-state index in [1.54, 1.807) is 0 Å². The van der Waals surface area contributed by atoms with Gasteiger partial charge >= 0.3 is 0 Å². The first kappa shape index (κ1) is 20.6. The molecule has 0 nitrogen and oxygen atoms in total. The van der Waals surface area contributed by atoms with Crippen molar-refractivity contribution in [2.24, 2.45) is 17.8 Å². The van der Waals surface area contributed by atoms with Gasteiger partial charge in [-0.05, 0) is 97.9 Å². The summed E-state index contributed by atoms with van der Waals surface area (Å²) >= 11 is 0. The van der Waals surface area contributed by atoms with E-state index < -0.39 is 11.6 Å². The van der Waals surface area contributed by atoms with E-state index in [2.05, 4.69) is 19.1 Å². The van der Waals surface area contributed by atoms with E-state index in [1.807, 2.05) is 12.1 Å². The molecule has 0 amide bonds. The zero-order chi connectivity index (χ0) is 20.4. The highest BCUT2D eigenvalue weighted by Crippen LogP contribution is 2.44. The van der Waals surface area contributed by atoms with Crippen molar-refractivity contribution < 1.29 is 8.78 Å². The molecule has 2 aliphatic rings. The molecule has 2 aromatic rings. The molecular weight excluding hydrogens is 362 g/mol. The van der Waals surface area contributed by atoms with E-state index >= 15 is 0 Å². The number of benzene rings is 2. The molecular formula is C27H34F2. The van der Waals surface area contributed by atoms with Gasteiger partial charge in [-0.3, -0.25) is 0 Å². The Morgan fingerprint density at radius 2 is 1.24 bits per heavy atom. The summed E-state index contributed by atoms with van der Waals surface area (Å²) in [5.74, 6) is 2.57. The fourth-order valence-corrected chi connectivity index (χ4v) is 5.75. The summed E-state index contributed by atoms with van der Waals surface area (Å²) in [4.78, 5) is 0. The molecule has 2 aromatic carbocycles. The third kappa shape index (κ3) is 4.57. The van der Waals surface area contributed by atoms with Gasteiger partial charge in [0.1, 0.15) is 11.6 Å². The predicted molar refractivity (Wildman–Crippen MR) is 117 cm³/mol. The second-order valence-corrected chi connectivity index (χ2v) is 9.49. The Morgan fingerprint density at radius 1 is 0.724 bits per heavy atom. The van der Waals surface area contributed by atoms with Gasteiger partial charge in [-0.15, -0.1) is 0 Å². The minimum atomic E-state index is -0.477. The van der Waals surface area contributed by atoms with Gasteiger partial charge in [-0.2, -0.15) is 0 Å². The number of halogens is 2. The van der Waals surface area contributed by atoms with E-state index in [1.165, 1.54) is 82.4 Å². The lowest BCUT2D eigenvalue weighted by Crippen LogP contribution is -2.25. The van der Waals surface area contributed by atoms with Gasteiger partial charge in [0.15, 0.2) is 0 Å². The molecule has 2 saturated carbocycles. The van der Waals surface area contributed by atoms with Crippen LogP contribution in [0.5, 0.6) is 0 Å². The zero-order valence-corrected chi connectivity index (χ0v) is 17.9. The predicted octanol–water partition coefficient (Wildman–Crippen LogP) is 8.43. The molecule has 0 aliphatic heterocycles. The van der Waals surface area contributed by atoms with Crippen LogP contribution in [0.15, 0.2) is 36.4 Å². The Balaban J connectivity index is 1.36. The fourth-order valence-electron chi connectivity index (χ4n) is 5.75. The molecule has 0 spiro atoms. The Bertz CT molecular complexity index is 784. The molecule has 0 bridgehead atoms. The number of hydrogen-bond donors (Lipinski definition) is 0. The standard InChI is InChI=1S/C27H34F2/c1-3-19-4-6-20(7-5-19)21-8-10-22(11-9-21)23-12-14-24(15-13-23)25-16-26(28)18(2)27(29)17-25/h12-17,19-22H,3-11H2,1-2H3. The Labute approximate surface area is 174 Å². The highest BCUT2D eigenvalue weighted by Gasteiger charge is 2.30. The molecule has 0 N–H and O–H groups in total. The van der Waals surface area contributed by atoms with Gasteiger partial charge in [0.2, 0.25) is 0 Å². The van der Waals surface area contributed by atoms with E-state index in [-0.39, 0.29) is 5.56 Å². The van der Waals surface area contributed by atoms with Crippen LogP contribution in [-0.2, 0) is 0 Å². The summed E-state index contributed by atoms with van der Waals surface area (Å²) in [5, 5.41) is 0. The maximum atomic E-state index is 13.9. The molecule has 0 radical (unpaired) electrons. The average molecular weight is 397 g/mol. The fraction of sp³-hybridized carbons (Fsp3) is 0.556. The highest BCUT2D eigenvalue weighted by molar-refractivity contribution is 5.64. The molecule has 0 aromatic heterocycles. The van der Waals surface area contributed by atoms with Crippen molar-refractivity contribution in [3.8, 4) is 11.1 Å². The van der Waals surface area contributed by atoms with Crippen LogP contribution >= 0.6 is 0 Å². The van der Waals surface area contributed by atoms with Gasteiger partial charge < -0.3 is 0 Å². The van der Waals surface area contributed by atoms with Crippen molar-refractivity contribution in [1.82, 2.24) is 0 Å².